The number of anilines is 2. The molecule has 2 aromatic rings. The van der Waals surface area contributed by atoms with Crippen LogP contribution in [0.1, 0.15) is 48.3 Å². The molecular formula is C26H35ClN4O4. The summed E-state index contributed by atoms with van der Waals surface area (Å²) < 4.78 is 5.38. The first-order valence-corrected chi connectivity index (χ1v) is 11.4. The maximum absolute atomic E-state index is 13.1. The van der Waals surface area contributed by atoms with Gasteiger partial charge in [-0.05, 0) is 82.7 Å². The topological polar surface area (TPSA) is 91.0 Å². The molecule has 2 amide bonds. The summed E-state index contributed by atoms with van der Waals surface area (Å²) in [6.45, 7) is 6.37. The highest BCUT2D eigenvalue weighted by molar-refractivity contribution is 5.98. The van der Waals surface area contributed by atoms with Gasteiger partial charge in [0.05, 0.1) is 12.1 Å². The van der Waals surface area contributed by atoms with Gasteiger partial charge in [0.1, 0.15) is 11.6 Å². The fourth-order valence-electron chi connectivity index (χ4n) is 3.89. The number of benzene rings is 2. The molecule has 35 heavy (non-hydrogen) atoms. The summed E-state index contributed by atoms with van der Waals surface area (Å²) in [6, 6.07) is 11.8. The SMILES string of the molecule is CN(C)CC(=O)N(C)c1cccc2c1CCNC2C(=O)Nc1ccc(C(=O)OC(C)(C)C)cc1.Cl. The number of ether oxygens (including phenoxy) is 1. The largest absolute Gasteiger partial charge is 0.456 e. The quantitative estimate of drug-likeness (QED) is 0.588. The van der Waals surface area contributed by atoms with Crippen molar-refractivity contribution in [1.29, 1.82) is 0 Å². The van der Waals surface area contributed by atoms with E-state index in [4.69, 9.17) is 4.74 Å². The molecule has 0 fully saturated rings. The van der Waals surface area contributed by atoms with Crippen LogP contribution in [0.3, 0.4) is 0 Å². The molecule has 1 aliphatic heterocycles. The van der Waals surface area contributed by atoms with Crippen molar-refractivity contribution in [2.45, 2.75) is 38.8 Å². The van der Waals surface area contributed by atoms with E-state index in [0.29, 0.717) is 24.3 Å². The molecule has 2 aromatic carbocycles. The summed E-state index contributed by atoms with van der Waals surface area (Å²) in [5, 5.41) is 6.20. The van der Waals surface area contributed by atoms with Crippen LogP contribution >= 0.6 is 12.4 Å². The van der Waals surface area contributed by atoms with Crippen LogP contribution in [0.15, 0.2) is 42.5 Å². The minimum Gasteiger partial charge on any atom is -0.456 e. The Labute approximate surface area is 213 Å². The van der Waals surface area contributed by atoms with Crippen molar-refractivity contribution < 1.29 is 19.1 Å². The third-order valence-electron chi connectivity index (χ3n) is 5.46. The van der Waals surface area contributed by atoms with Crippen LogP contribution in [0.2, 0.25) is 0 Å². The van der Waals surface area contributed by atoms with E-state index in [1.807, 2.05) is 58.0 Å². The summed E-state index contributed by atoms with van der Waals surface area (Å²) in [6.07, 6.45) is 0.722. The zero-order valence-electron chi connectivity index (χ0n) is 21.2. The Hall–Kier alpha value is -2.94. The van der Waals surface area contributed by atoms with Gasteiger partial charge in [-0.2, -0.15) is 0 Å². The first kappa shape index (κ1) is 28.3. The average molecular weight is 503 g/mol. The molecule has 0 bridgehead atoms. The number of nitrogens with one attached hydrogen (secondary N) is 2. The average Bonchev–Trinajstić information content (AvgIpc) is 2.76. The van der Waals surface area contributed by atoms with E-state index in [1.165, 1.54) is 0 Å². The number of fused-ring (bicyclic) bond motifs is 1. The van der Waals surface area contributed by atoms with Crippen molar-refractivity contribution in [3.63, 3.8) is 0 Å². The molecule has 190 valence electrons. The molecule has 3 rings (SSSR count). The van der Waals surface area contributed by atoms with Gasteiger partial charge in [0.15, 0.2) is 0 Å². The number of halogens is 1. The van der Waals surface area contributed by atoms with Crippen LogP contribution in [0, 0.1) is 0 Å². The van der Waals surface area contributed by atoms with E-state index in [0.717, 1.165) is 23.2 Å². The molecule has 0 saturated carbocycles. The van der Waals surface area contributed by atoms with Crippen molar-refractivity contribution >= 4 is 41.6 Å². The summed E-state index contributed by atoms with van der Waals surface area (Å²) in [5.41, 5.74) is 3.11. The predicted octanol–water partition coefficient (Wildman–Crippen LogP) is 3.41. The van der Waals surface area contributed by atoms with Crippen molar-refractivity contribution in [3.8, 4) is 0 Å². The predicted molar refractivity (Wildman–Crippen MR) is 140 cm³/mol. The number of carbonyl (C=O) groups excluding carboxylic acids is 3. The number of esters is 1. The van der Waals surface area contributed by atoms with E-state index in [1.54, 1.807) is 36.2 Å². The monoisotopic (exact) mass is 502 g/mol. The Balaban J connectivity index is 0.00000432. The first-order chi connectivity index (χ1) is 16.0. The highest BCUT2D eigenvalue weighted by atomic mass is 35.5. The Bertz CT molecular complexity index is 1060. The molecule has 2 N–H and O–H groups in total. The molecule has 0 aromatic heterocycles. The van der Waals surface area contributed by atoms with Crippen molar-refractivity contribution in [3.05, 3.63) is 59.2 Å². The van der Waals surface area contributed by atoms with Gasteiger partial charge in [0, 0.05) is 25.0 Å². The van der Waals surface area contributed by atoms with E-state index in [-0.39, 0.29) is 24.2 Å². The number of likely N-dealkylation sites (N-methyl/N-ethyl adjacent to an activating group) is 2. The molecule has 0 saturated heterocycles. The lowest BCUT2D eigenvalue weighted by molar-refractivity contribution is -0.119. The second kappa shape index (κ2) is 11.7. The minimum atomic E-state index is -0.575. The molecule has 1 unspecified atom stereocenters. The van der Waals surface area contributed by atoms with Crippen molar-refractivity contribution in [2.24, 2.45) is 0 Å². The number of amides is 2. The number of carbonyl (C=O) groups is 3. The second-order valence-corrected chi connectivity index (χ2v) is 9.74. The van der Waals surface area contributed by atoms with Crippen LogP contribution in [0.5, 0.6) is 0 Å². The number of hydrogen-bond acceptors (Lipinski definition) is 6. The first-order valence-electron chi connectivity index (χ1n) is 11.4. The summed E-state index contributed by atoms with van der Waals surface area (Å²) in [5.74, 6) is -0.623. The Kier molecular flexibility index (Phi) is 9.43. The van der Waals surface area contributed by atoms with E-state index in [2.05, 4.69) is 10.6 Å². The third-order valence-corrected chi connectivity index (χ3v) is 5.46. The zero-order chi connectivity index (χ0) is 25.0. The van der Waals surface area contributed by atoms with Gasteiger partial charge in [0.2, 0.25) is 11.8 Å². The highest BCUT2D eigenvalue weighted by Gasteiger charge is 2.29. The molecule has 0 radical (unpaired) electrons. The zero-order valence-corrected chi connectivity index (χ0v) is 22.0. The van der Waals surface area contributed by atoms with Crippen LogP contribution in [-0.4, -0.2) is 62.5 Å². The van der Waals surface area contributed by atoms with E-state index >= 15 is 0 Å². The van der Waals surface area contributed by atoms with Crippen LogP contribution in [-0.2, 0) is 20.7 Å². The van der Waals surface area contributed by atoms with Crippen LogP contribution in [0.4, 0.5) is 11.4 Å². The van der Waals surface area contributed by atoms with Gasteiger partial charge < -0.3 is 25.2 Å². The summed E-state index contributed by atoms with van der Waals surface area (Å²) in [7, 11) is 5.48. The molecule has 1 atom stereocenters. The molecule has 8 nitrogen and oxygen atoms in total. The number of rotatable bonds is 6. The lowest BCUT2D eigenvalue weighted by atomic mass is 9.91. The third kappa shape index (κ3) is 7.27. The van der Waals surface area contributed by atoms with Crippen molar-refractivity contribution in [2.75, 3.05) is 44.4 Å². The van der Waals surface area contributed by atoms with Crippen LogP contribution < -0.4 is 15.5 Å². The Morgan fingerprint density at radius 2 is 1.71 bits per heavy atom. The number of hydrogen-bond donors (Lipinski definition) is 2. The van der Waals surface area contributed by atoms with Crippen LogP contribution in [0.25, 0.3) is 0 Å². The molecule has 1 aliphatic rings. The Morgan fingerprint density at radius 3 is 2.31 bits per heavy atom. The van der Waals surface area contributed by atoms with Gasteiger partial charge in [-0.1, -0.05) is 12.1 Å². The second-order valence-electron chi connectivity index (χ2n) is 9.74. The standard InChI is InChI=1S/C26H34N4O4.ClH/c1-26(2,3)34-25(33)17-10-12-18(13-11-17)28-24(32)23-20-8-7-9-21(19(20)14-15-27-23)30(6)22(31)16-29(4)5;/h7-13,23,27H,14-16H2,1-6H3,(H,28,32);1H. The van der Waals surface area contributed by atoms with E-state index in [9.17, 15) is 14.4 Å². The fraction of sp³-hybridized carbons (Fsp3) is 0.423. The van der Waals surface area contributed by atoms with Gasteiger partial charge in [-0.3, -0.25) is 9.59 Å². The number of nitrogens with zero attached hydrogens (tertiary/aromatic N) is 2. The maximum Gasteiger partial charge on any atom is 0.338 e. The fourth-order valence-corrected chi connectivity index (χ4v) is 3.89. The van der Waals surface area contributed by atoms with Gasteiger partial charge >= 0.3 is 5.97 Å². The highest BCUT2D eigenvalue weighted by Crippen LogP contribution is 2.31. The lowest BCUT2D eigenvalue weighted by Crippen LogP contribution is -2.40. The molecular weight excluding hydrogens is 468 g/mol. The smallest absolute Gasteiger partial charge is 0.338 e. The normalized spacial score (nSPS) is 15.0. The molecule has 0 aliphatic carbocycles. The summed E-state index contributed by atoms with van der Waals surface area (Å²) in [4.78, 5) is 41.5. The molecule has 1 heterocycles. The molecule has 0 spiro atoms. The van der Waals surface area contributed by atoms with Gasteiger partial charge in [-0.15, -0.1) is 12.4 Å². The van der Waals surface area contributed by atoms with E-state index < -0.39 is 17.6 Å². The summed E-state index contributed by atoms with van der Waals surface area (Å²) >= 11 is 0. The van der Waals surface area contributed by atoms with Gasteiger partial charge in [0.25, 0.3) is 0 Å². The molecule has 9 heteroatoms. The Morgan fingerprint density at radius 1 is 1.06 bits per heavy atom. The van der Waals surface area contributed by atoms with Crippen molar-refractivity contribution in [1.82, 2.24) is 10.2 Å². The van der Waals surface area contributed by atoms with Gasteiger partial charge in [-0.25, -0.2) is 4.79 Å². The maximum atomic E-state index is 13.1. The lowest BCUT2D eigenvalue weighted by Gasteiger charge is -2.30. The minimum absolute atomic E-state index is 0.